The van der Waals surface area contributed by atoms with Crippen molar-refractivity contribution < 1.29 is 4.74 Å². The Morgan fingerprint density at radius 2 is 2.21 bits per heavy atom. The van der Waals surface area contributed by atoms with Crippen molar-refractivity contribution in [1.82, 2.24) is 9.97 Å². The van der Waals surface area contributed by atoms with E-state index in [0.29, 0.717) is 22.5 Å². The van der Waals surface area contributed by atoms with Gasteiger partial charge in [-0.25, -0.2) is 9.97 Å². The second-order valence-corrected chi connectivity index (χ2v) is 7.25. The highest BCUT2D eigenvalue weighted by atomic mass is 35.5. The minimum Gasteiger partial charge on any atom is -0.384 e. The van der Waals surface area contributed by atoms with Crippen LogP contribution in [-0.2, 0) is 4.74 Å². The van der Waals surface area contributed by atoms with Crippen LogP contribution in [0.5, 0.6) is 0 Å². The molecular weight excluding hydrogens is 324 g/mol. The number of nitrogens with two attached hydrogens (primary N) is 1. The summed E-state index contributed by atoms with van der Waals surface area (Å²) in [5, 5.41) is 4.03. The van der Waals surface area contributed by atoms with Crippen molar-refractivity contribution in [3.8, 4) is 11.3 Å². The Morgan fingerprint density at radius 1 is 1.38 bits per heavy atom. The molecule has 0 aromatic carbocycles. The number of hydrogen-bond acceptors (Lipinski definition) is 5. The van der Waals surface area contributed by atoms with Crippen molar-refractivity contribution in [3.63, 3.8) is 0 Å². The Labute approximate surface area is 147 Å². The van der Waals surface area contributed by atoms with Gasteiger partial charge in [0.25, 0.3) is 0 Å². The zero-order valence-electron chi connectivity index (χ0n) is 14.1. The second-order valence-electron chi connectivity index (χ2n) is 6.84. The van der Waals surface area contributed by atoms with Crippen LogP contribution in [0.3, 0.4) is 0 Å². The van der Waals surface area contributed by atoms with E-state index in [9.17, 15) is 0 Å². The van der Waals surface area contributed by atoms with Crippen LogP contribution >= 0.6 is 11.6 Å². The van der Waals surface area contributed by atoms with Gasteiger partial charge in [0.05, 0.1) is 16.3 Å². The molecule has 128 valence electrons. The second kappa shape index (κ2) is 6.95. The lowest BCUT2D eigenvalue weighted by molar-refractivity contribution is -0.0699. The summed E-state index contributed by atoms with van der Waals surface area (Å²) in [7, 11) is 0. The van der Waals surface area contributed by atoms with E-state index in [0.717, 1.165) is 37.4 Å². The third-order valence-electron chi connectivity index (χ3n) is 4.27. The highest BCUT2D eigenvalue weighted by Crippen LogP contribution is 2.30. The minimum absolute atomic E-state index is 0.0439. The molecule has 6 heteroatoms. The van der Waals surface area contributed by atoms with Gasteiger partial charge in [-0.3, -0.25) is 0 Å². The summed E-state index contributed by atoms with van der Waals surface area (Å²) >= 11 is 6.30. The molecule has 1 saturated heterocycles. The quantitative estimate of drug-likeness (QED) is 0.875. The predicted molar refractivity (Wildman–Crippen MR) is 98.1 cm³/mol. The number of halogens is 1. The van der Waals surface area contributed by atoms with Gasteiger partial charge in [0.15, 0.2) is 0 Å². The topological polar surface area (TPSA) is 73.1 Å². The number of anilines is 2. The van der Waals surface area contributed by atoms with Crippen LogP contribution < -0.4 is 11.1 Å². The molecule has 0 spiro atoms. The van der Waals surface area contributed by atoms with Gasteiger partial charge >= 0.3 is 0 Å². The predicted octanol–water partition coefficient (Wildman–Crippen LogP) is 4.00. The van der Waals surface area contributed by atoms with Crippen molar-refractivity contribution in [2.75, 3.05) is 24.2 Å². The number of hydrogen-bond donors (Lipinski definition) is 2. The highest BCUT2D eigenvalue weighted by Gasteiger charge is 2.28. The molecule has 0 bridgehead atoms. The number of rotatable bonds is 4. The summed E-state index contributed by atoms with van der Waals surface area (Å²) in [5.41, 5.74) is 7.29. The number of nitrogens with one attached hydrogen (secondary N) is 1. The average Bonchev–Trinajstić information content (AvgIpc) is 2.53. The Hall–Kier alpha value is -1.85. The first kappa shape index (κ1) is 17.0. The van der Waals surface area contributed by atoms with Gasteiger partial charge < -0.3 is 15.8 Å². The third kappa shape index (κ3) is 4.16. The summed E-state index contributed by atoms with van der Waals surface area (Å²) in [5.74, 6) is 1.84. The largest absolute Gasteiger partial charge is 0.384 e. The fourth-order valence-corrected chi connectivity index (χ4v) is 3.33. The highest BCUT2D eigenvalue weighted by molar-refractivity contribution is 6.33. The summed E-state index contributed by atoms with van der Waals surface area (Å²) in [6, 6.07) is 7.39. The molecule has 0 amide bonds. The summed E-state index contributed by atoms with van der Waals surface area (Å²) < 4.78 is 5.77. The van der Waals surface area contributed by atoms with Gasteiger partial charge in [0.1, 0.15) is 11.6 Å². The summed E-state index contributed by atoms with van der Waals surface area (Å²) in [6.07, 6.45) is 3.77. The van der Waals surface area contributed by atoms with Crippen molar-refractivity contribution in [3.05, 3.63) is 35.5 Å². The molecule has 3 heterocycles. The van der Waals surface area contributed by atoms with Gasteiger partial charge in [-0.15, -0.1) is 0 Å². The van der Waals surface area contributed by atoms with E-state index >= 15 is 0 Å². The maximum Gasteiger partial charge on any atom is 0.126 e. The van der Waals surface area contributed by atoms with Crippen LogP contribution in [0.15, 0.2) is 30.5 Å². The standard InChI is InChI=1S/C18H23ClN4O/c1-18(2)10-12(6-8-24-18)11-22-16-4-3-14(19)17(23-16)13-5-7-21-15(20)9-13/h3-5,7,9,12H,6,8,10-11H2,1-2H3,(H2,20,21)(H,22,23)/t12-/m1/s1. The molecule has 3 N–H and O–H groups in total. The SMILES string of the molecule is CC1(C)C[C@H](CNc2ccc(Cl)c(-c3ccnc(N)c3)n2)CCO1. The molecule has 0 saturated carbocycles. The molecule has 3 rings (SSSR count). The van der Waals surface area contributed by atoms with Crippen LogP contribution in [0.25, 0.3) is 11.3 Å². The molecule has 0 unspecified atom stereocenters. The molecule has 2 aromatic heterocycles. The van der Waals surface area contributed by atoms with Crippen LogP contribution in [-0.4, -0.2) is 28.7 Å². The molecule has 1 aliphatic rings. The van der Waals surface area contributed by atoms with Crippen molar-refractivity contribution in [2.45, 2.75) is 32.3 Å². The molecular formula is C18H23ClN4O. The Morgan fingerprint density at radius 3 is 2.96 bits per heavy atom. The number of ether oxygens (including phenoxy) is 1. The third-order valence-corrected chi connectivity index (χ3v) is 4.58. The van der Waals surface area contributed by atoms with Crippen molar-refractivity contribution >= 4 is 23.2 Å². The lowest BCUT2D eigenvalue weighted by Crippen LogP contribution is -2.36. The van der Waals surface area contributed by atoms with Crippen molar-refractivity contribution in [1.29, 1.82) is 0 Å². The summed E-state index contributed by atoms with van der Waals surface area (Å²) in [4.78, 5) is 8.65. The van der Waals surface area contributed by atoms with E-state index < -0.39 is 0 Å². The Balaban J connectivity index is 1.72. The maximum absolute atomic E-state index is 6.30. The van der Waals surface area contributed by atoms with Crippen LogP contribution in [0.2, 0.25) is 5.02 Å². The first-order valence-electron chi connectivity index (χ1n) is 8.19. The van der Waals surface area contributed by atoms with E-state index in [1.54, 1.807) is 12.3 Å². The molecule has 1 aliphatic heterocycles. The summed E-state index contributed by atoms with van der Waals surface area (Å²) in [6.45, 7) is 5.98. The Kier molecular flexibility index (Phi) is 4.92. The van der Waals surface area contributed by atoms with E-state index in [1.807, 2.05) is 18.2 Å². The van der Waals surface area contributed by atoms with Gasteiger partial charge in [-0.2, -0.15) is 0 Å². The number of nitrogen functional groups attached to an aromatic ring is 1. The van der Waals surface area contributed by atoms with Crippen LogP contribution in [0, 0.1) is 5.92 Å². The van der Waals surface area contributed by atoms with Gasteiger partial charge in [-0.05, 0) is 56.9 Å². The molecule has 24 heavy (non-hydrogen) atoms. The zero-order chi connectivity index (χ0) is 17.2. The smallest absolute Gasteiger partial charge is 0.126 e. The van der Waals surface area contributed by atoms with Crippen molar-refractivity contribution in [2.24, 2.45) is 5.92 Å². The zero-order valence-corrected chi connectivity index (χ0v) is 14.8. The van der Waals surface area contributed by atoms with E-state index in [-0.39, 0.29) is 5.60 Å². The Bertz CT molecular complexity index is 720. The number of pyridine rings is 2. The van der Waals surface area contributed by atoms with Gasteiger partial charge in [0, 0.05) is 24.9 Å². The fourth-order valence-electron chi connectivity index (χ4n) is 3.12. The maximum atomic E-state index is 6.30. The van der Waals surface area contributed by atoms with Crippen LogP contribution in [0.4, 0.5) is 11.6 Å². The molecule has 5 nitrogen and oxygen atoms in total. The first-order valence-corrected chi connectivity index (χ1v) is 8.57. The lowest BCUT2D eigenvalue weighted by Gasteiger charge is -2.35. The fraction of sp³-hybridized carbons (Fsp3) is 0.444. The molecule has 2 aromatic rings. The lowest BCUT2D eigenvalue weighted by atomic mass is 9.88. The molecule has 1 atom stereocenters. The molecule has 1 fully saturated rings. The van der Waals surface area contributed by atoms with Gasteiger partial charge in [0.2, 0.25) is 0 Å². The normalized spacial score (nSPS) is 19.9. The molecule has 0 radical (unpaired) electrons. The number of aromatic nitrogens is 2. The van der Waals surface area contributed by atoms with E-state index in [1.165, 1.54) is 0 Å². The average molecular weight is 347 g/mol. The number of nitrogens with zero attached hydrogens (tertiary/aromatic N) is 2. The van der Waals surface area contributed by atoms with E-state index in [2.05, 4.69) is 29.1 Å². The van der Waals surface area contributed by atoms with Gasteiger partial charge in [-0.1, -0.05) is 11.6 Å². The van der Waals surface area contributed by atoms with Crippen LogP contribution in [0.1, 0.15) is 26.7 Å². The van der Waals surface area contributed by atoms with E-state index in [4.69, 9.17) is 22.1 Å². The minimum atomic E-state index is -0.0439. The first-order chi connectivity index (χ1) is 11.4. The monoisotopic (exact) mass is 346 g/mol. The molecule has 0 aliphatic carbocycles.